The van der Waals surface area contributed by atoms with Crippen LogP contribution in [0.4, 0.5) is 0 Å². The summed E-state index contributed by atoms with van der Waals surface area (Å²) in [5.74, 6) is 0.399. The monoisotopic (exact) mass is 273 g/mol. The van der Waals surface area contributed by atoms with Gasteiger partial charge in [0.2, 0.25) is 10.0 Å². The Bertz CT molecular complexity index is 450. The molecule has 0 radical (unpaired) electrons. The molecule has 0 aliphatic heterocycles. The van der Waals surface area contributed by atoms with Gasteiger partial charge in [0.05, 0.1) is 4.90 Å². The second kappa shape index (κ2) is 6.92. The van der Waals surface area contributed by atoms with Gasteiger partial charge in [0.1, 0.15) is 0 Å². The maximum atomic E-state index is 12.0. The summed E-state index contributed by atoms with van der Waals surface area (Å²) < 4.78 is 26.7. The van der Waals surface area contributed by atoms with Crippen LogP contribution in [0.1, 0.15) is 32.4 Å². The summed E-state index contributed by atoms with van der Waals surface area (Å²) in [6.07, 6.45) is 3.50. The number of hydrogen-bond donors (Lipinski definition) is 3. The predicted molar refractivity (Wildman–Crippen MR) is 72.8 cm³/mol. The molecule has 0 fully saturated rings. The van der Waals surface area contributed by atoms with E-state index in [1.165, 1.54) is 6.20 Å². The molecule has 0 atom stereocenters. The largest absolute Gasteiger partial charge is 0.363 e. The van der Waals surface area contributed by atoms with Crippen molar-refractivity contribution in [1.82, 2.24) is 15.0 Å². The molecule has 1 aromatic rings. The third-order valence-corrected chi connectivity index (χ3v) is 4.51. The van der Waals surface area contributed by atoms with Crippen LogP contribution in [0.3, 0.4) is 0 Å². The van der Waals surface area contributed by atoms with Gasteiger partial charge in [0, 0.05) is 25.0 Å². The fourth-order valence-corrected chi connectivity index (χ4v) is 2.89. The second-order valence-corrected chi connectivity index (χ2v) is 6.19. The quantitative estimate of drug-likeness (QED) is 0.671. The van der Waals surface area contributed by atoms with E-state index in [-0.39, 0.29) is 0 Å². The van der Waals surface area contributed by atoms with Crippen molar-refractivity contribution >= 4 is 10.0 Å². The zero-order chi connectivity index (χ0) is 13.6. The predicted octanol–water partition coefficient (Wildman–Crippen LogP) is 1.45. The summed E-state index contributed by atoms with van der Waals surface area (Å²) in [7, 11) is -1.56. The third kappa shape index (κ3) is 4.12. The van der Waals surface area contributed by atoms with Gasteiger partial charge < -0.3 is 10.3 Å². The molecule has 0 spiro atoms. The van der Waals surface area contributed by atoms with Crippen molar-refractivity contribution in [3.8, 4) is 0 Å². The Kier molecular flexibility index (Phi) is 5.84. The summed E-state index contributed by atoms with van der Waals surface area (Å²) in [5.41, 5.74) is 0.861. The number of aromatic amines is 1. The van der Waals surface area contributed by atoms with E-state index in [9.17, 15) is 8.42 Å². The van der Waals surface area contributed by atoms with Crippen molar-refractivity contribution in [2.45, 2.75) is 38.1 Å². The first-order chi connectivity index (χ1) is 8.53. The minimum absolute atomic E-state index is 0.304. The van der Waals surface area contributed by atoms with Crippen molar-refractivity contribution in [1.29, 1.82) is 0 Å². The van der Waals surface area contributed by atoms with Gasteiger partial charge in [-0.2, -0.15) is 0 Å². The molecule has 1 rings (SSSR count). The topological polar surface area (TPSA) is 74.0 Å². The number of nitrogens with one attached hydrogen (secondary N) is 3. The number of rotatable bonds is 8. The summed E-state index contributed by atoms with van der Waals surface area (Å²) in [4.78, 5) is 3.25. The SMILES string of the molecule is CCC(CC)CNS(=O)(=O)c1c[nH]c(CNC)c1. The van der Waals surface area contributed by atoms with Crippen molar-refractivity contribution in [2.24, 2.45) is 5.92 Å². The number of hydrogen-bond acceptors (Lipinski definition) is 3. The lowest BCUT2D eigenvalue weighted by Gasteiger charge is -2.12. The fraction of sp³-hybridized carbons (Fsp3) is 0.667. The molecule has 0 aliphatic carbocycles. The molecular formula is C12H23N3O2S. The van der Waals surface area contributed by atoms with Crippen LogP contribution < -0.4 is 10.0 Å². The lowest BCUT2D eigenvalue weighted by Crippen LogP contribution is -2.28. The van der Waals surface area contributed by atoms with E-state index >= 15 is 0 Å². The van der Waals surface area contributed by atoms with Crippen LogP contribution in [0.5, 0.6) is 0 Å². The highest BCUT2D eigenvalue weighted by atomic mass is 32.2. The maximum Gasteiger partial charge on any atom is 0.242 e. The lowest BCUT2D eigenvalue weighted by atomic mass is 10.0. The minimum atomic E-state index is -3.38. The average Bonchev–Trinajstić information content (AvgIpc) is 2.80. The van der Waals surface area contributed by atoms with E-state index in [2.05, 4.69) is 28.9 Å². The Morgan fingerprint density at radius 3 is 2.56 bits per heavy atom. The number of sulfonamides is 1. The number of aromatic nitrogens is 1. The van der Waals surface area contributed by atoms with Gasteiger partial charge in [-0.1, -0.05) is 26.7 Å². The van der Waals surface area contributed by atoms with Gasteiger partial charge in [-0.3, -0.25) is 0 Å². The molecular weight excluding hydrogens is 250 g/mol. The van der Waals surface area contributed by atoms with Gasteiger partial charge in [0.25, 0.3) is 0 Å². The van der Waals surface area contributed by atoms with E-state index in [1.54, 1.807) is 6.07 Å². The first kappa shape index (κ1) is 15.2. The maximum absolute atomic E-state index is 12.0. The molecule has 0 amide bonds. The van der Waals surface area contributed by atoms with E-state index < -0.39 is 10.0 Å². The number of H-pyrrole nitrogens is 1. The fourth-order valence-electron chi connectivity index (χ4n) is 1.75. The van der Waals surface area contributed by atoms with Gasteiger partial charge in [-0.05, 0) is 19.0 Å². The molecule has 0 unspecified atom stereocenters. The normalized spacial score (nSPS) is 12.2. The molecule has 18 heavy (non-hydrogen) atoms. The first-order valence-corrected chi connectivity index (χ1v) is 7.83. The van der Waals surface area contributed by atoms with Crippen LogP contribution >= 0.6 is 0 Å². The van der Waals surface area contributed by atoms with Crippen molar-refractivity contribution < 1.29 is 8.42 Å². The molecule has 6 heteroatoms. The molecule has 104 valence electrons. The highest BCUT2D eigenvalue weighted by Gasteiger charge is 2.17. The highest BCUT2D eigenvalue weighted by Crippen LogP contribution is 2.12. The summed E-state index contributed by atoms with van der Waals surface area (Å²) in [6, 6.07) is 1.66. The molecule has 0 saturated carbocycles. The zero-order valence-corrected chi connectivity index (χ0v) is 12.1. The van der Waals surface area contributed by atoms with Crippen LogP contribution in [0.15, 0.2) is 17.2 Å². The minimum Gasteiger partial charge on any atom is -0.363 e. The van der Waals surface area contributed by atoms with E-state index in [4.69, 9.17) is 0 Å². The molecule has 1 heterocycles. The Morgan fingerprint density at radius 2 is 2.00 bits per heavy atom. The average molecular weight is 273 g/mol. The molecule has 5 nitrogen and oxygen atoms in total. The molecule has 0 aliphatic rings. The smallest absolute Gasteiger partial charge is 0.242 e. The van der Waals surface area contributed by atoms with Crippen molar-refractivity contribution in [3.63, 3.8) is 0 Å². The Balaban J connectivity index is 2.67. The van der Waals surface area contributed by atoms with Crippen LogP contribution in [-0.4, -0.2) is 27.0 Å². The molecule has 0 saturated heterocycles. The van der Waals surface area contributed by atoms with Gasteiger partial charge in [0.15, 0.2) is 0 Å². The molecule has 1 aromatic heterocycles. The summed E-state index contributed by atoms with van der Waals surface area (Å²) in [5, 5.41) is 2.97. The van der Waals surface area contributed by atoms with Crippen LogP contribution in [0.2, 0.25) is 0 Å². The summed E-state index contributed by atoms with van der Waals surface area (Å²) in [6.45, 7) is 5.28. The Morgan fingerprint density at radius 1 is 1.33 bits per heavy atom. The standard InChI is InChI=1S/C12H23N3O2S/c1-4-10(5-2)7-15-18(16,17)12-6-11(8-13-3)14-9-12/h6,9-10,13-15H,4-5,7-8H2,1-3H3. The van der Waals surface area contributed by atoms with E-state index in [1.807, 2.05) is 7.05 Å². The summed E-state index contributed by atoms with van der Waals surface area (Å²) >= 11 is 0. The van der Waals surface area contributed by atoms with Crippen LogP contribution in [0.25, 0.3) is 0 Å². The van der Waals surface area contributed by atoms with Gasteiger partial charge in [-0.15, -0.1) is 0 Å². The molecule has 3 N–H and O–H groups in total. The van der Waals surface area contributed by atoms with Crippen LogP contribution in [0, 0.1) is 5.92 Å². The Labute approximate surface area is 109 Å². The Hall–Kier alpha value is -0.850. The van der Waals surface area contributed by atoms with Gasteiger partial charge >= 0.3 is 0 Å². The van der Waals surface area contributed by atoms with Crippen molar-refractivity contribution in [2.75, 3.05) is 13.6 Å². The van der Waals surface area contributed by atoms with Gasteiger partial charge in [-0.25, -0.2) is 13.1 Å². The van der Waals surface area contributed by atoms with E-state index in [0.29, 0.717) is 23.9 Å². The van der Waals surface area contributed by atoms with E-state index in [0.717, 1.165) is 18.5 Å². The van der Waals surface area contributed by atoms with Crippen LogP contribution in [-0.2, 0) is 16.6 Å². The third-order valence-electron chi connectivity index (χ3n) is 3.11. The molecule has 0 bridgehead atoms. The van der Waals surface area contributed by atoms with Crippen molar-refractivity contribution in [3.05, 3.63) is 18.0 Å². The second-order valence-electron chi connectivity index (χ2n) is 4.43. The highest BCUT2D eigenvalue weighted by molar-refractivity contribution is 7.89. The zero-order valence-electron chi connectivity index (χ0n) is 11.3. The lowest BCUT2D eigenvalue weighted by molar-refractivity contribution is 0.479. The molecule has 0 aromatic carbocycles. The first-order valence-electron chi connectivity index (χ1n) is 6.35.